The van der Waals surface area contributed by atoms with Gasteiger partial charge in [-0.2, -0.15) is 0 Å². The summed E-state index contributed by atoms with van der Waals surface area (Å²) < 4.78 is 33.4. The van der Waals surface area contributed by atoms with Gasteiger partial charge in [0, 0.05) is 19.0 Å². The van der Waals surface area contributed by atoms with Crippen molar-refractivity contribution >= 4 is 15.9 Å². The van der Waals surface area contributed by atoms with Gasteiger partial charge in [0.2, 0.25) is 15.9 Å². The molecule has 176 valence electrons. The summed E-state index contributed by atoms with van der Waals surface area (Å²) in [6.07, 6.45) is 7.68. The normalized spacial score (nSPS) is 19.9. The fourth-order valence-corrected chi connectivity index (χ4v) is 5.08. The van der Waals surface area contributed by atoms with Crippen LogP contribution in [-0.2, 0) is 27.8 Å². The van der Waals surface area contributed by atoms with Crippen molar-refractivity contribution in [2.75, 3.05) is 19.6 Å². The predicted molar refractivity (Wildman–Crippen MR) is 130 cm³/mol. The number of sulfonamides is 1. The highest BCUT2D eigenvalue weighted by molar-refractivity contribution is 7.91. The molecule has 0 spiro atoms. The Labute approximate surface area is 195 Å². The lowest BCUT2D eigenvalue weighted by molar-refractivity contribution is -0.119. The van der Waals surface area contributed by atoms with Gasteiger partial charge in [0.1, 0.15) is 17.1 Å². The largest absolute Gasteiger partial charge is 0.489 e. The molecule has 0 heterocycles. The first-order valence-electron chi connectivity index (χ1n) is 10.9. The van der Waals surface area contributed by atoms with Crippen molar-refractivity contribution in [1.29, 1.82) is 0 Å². The Bertz CT molecular complexity index is 1080. The van der Waals surface area contributed by atoms with Gasteiger partial charge in [0.25, 0.3) is 0 Å². The zero-order valence-corrected chi connectivity index (χ0v) is 19.6. The lowest BCUT2D eigenvalue weighted by atomic mass is 9.84. The molecule has 2 aromatic carbocycles. The Hall–Kier alpha value is -2.94. The van der Waals surface area contributed by atoms with Crippen LogP contribution in [0.5, 0.6) is 5.75 Å². The Balaban J connectivity index is 1.64. The molecule has 2 aromatic rings. The number of rotatable bonds is 11. The van der Waals surface area contributed by atoms with Gasteiger partial charge in [-0.3, -0.25) is 4.79 Å². The maximum atomic E-state index is 13.1. The summed E-state index contributed by atoms with van der Waals surface area (Å²) in [5.41, 5.74) is 7.45. The molecule has 2 atom stereocenters. The first-order chi connectivity index (χ1) is 15.8. The number of allylic oxidation sites excluding steroid dienone is 3. The van der Waals surface area contributed by atoms with Crippen LogP contribution in [-0.4, -0.2) is 38.7 Å². The van der Waals surface area contributed by atoms with Gasteiger partial charge in [-0.15, -0.1) is 0 Å². The third-order valence-electron chi connectivity index (χ3n) is 5.71. The standard InChI is InChI=1S/C25H31N3O4S/c1-25(33(30,31)28-18-24(29)27-16-15-26)14-6-5-9-22(25)17-20-10-12-23(13-11-20)32-19-21-7-3-2-4-8-21/h2-14,22,28H,15-19,26H2,1H3,(H,27,29). The maximum Gasteiger partial charge on any atom is 0.235 e. The van der Waals surface area contributed by atoms with Crippen LogP contribution in [0.25, 0.3) is 0 Å². The Kier molecular flexibility index (Phi) is 8.43. The number of hydrogen-bond donors (Lipinski definition) is 3. The molecule has 0 saturated carbocycles. The van der Waals surface area contributed by atoms with Gasteiger partial charge in [-0.1, -0.05) is 66.8 Å². The molecular formula is C25H31N3O4S. The molecule has 4 N–H and O–H groups in total. The van der Waals surface area contributed by atoms with Crippen molar-refractivity contribution in [2.45, 2.75) is 24.7 Å². The van der Waals surface area contributed by atoms with E-state index in [1.54, 1.807) is 19.1 Å². The molecule has 33 heavy (non-hydrogen) atoms. The highest BCUT2D eigenvalue weighted by atomic mass is 32.2. The van der Waals surface area contributed by atoms with Gasteiger partial charge >= 0.3 is 0 Å². The first kappa shape index (κ1) is 24.7. The van der Waals surface area contributed by atoms with Crippen molar-refractivity contribution in [3.63, 3.8) is 0 Å². The Morgan fingerprint density at radius 2 is 1.79 bits per heavy atom. The van der Waals surface area contributed by atoms with Crippen LogP contribution in [0.15, 0.2) is 78.9 Å². The number of ether oxygens (including phenoxy) is 1. The van der Waals surface area contributed by atoms with Gasteiger partial charge in [-0.05, 0) is 36.6 Å². The minimum atomic E-state index is -3.82. The Morgan fingerprint density at radius 1 is 1.06 bits per heavy atom. The summed E-state index contributed by atoms with van der Waals surface area (Å²) in [6.45, 7) is 2.43. The van der Waals surface area contributed by atoms with Crippen LogP contribution in [0.3, 0.4) is 0 Å². The zero-order chi connectivity index (χ0) is 23.7. The SMILES string of the molecule is CC1(S(=O)(=O)NCC(=O)NCCN)C=CC=CC1Cc1ccc(OCc2ccccc2)cc1. The van der Waals surface area contributed by atoms with Crippen molar-refractivity contribution in [2.24, 2.45) is 11.7 Å². The fourth-order valence-electron chi connectivity index (χ4n) is 3.63. The van der Waals surface area contributed by atoms with Crippen LogP contribution < -0.4 is 20.5 Å². The predicted octanol–water partition coefficient (Wildman–Crippen LogP) is 2.30. The van der Waals surface area contributed by atoms with Gasteiger partial charge < -0.3 is 15.8 Å². The molecule has 1 aliphatic carbocycles. The van der Waals surface area contributed by atoms with E-state index in [4.69, 9.17) is 10.5 Å². The molecule has 0 fully saturated rings. The number of nitrogens with one attached hydrogen (secondary N) is 2. The average molecular weight is 470 g/mol. The topological polar surface area (TPSA) is 111 Å². The first-order valence-corrected chi connectivity index (χ1v) is 12.4. The van der Waals surface area contributed by atoms with Gasteiger partial charge in [0.15, 0.2) is 0 Å². The van der Waals surface area contributed by atoms with Gasteiger partial charge in [0.05, 0.1) is 6.54 Å². The van der Waals surface area contributed by atoms with Crippen LogP contribution >= 0.6 is 0 Å². The minimum absolute atomic E-state index is 0.294. The summed E-state index contributed by atoms with van der Waals surface area (Å²) in [6, 6.07) is 17.6. The summed E-state index contributed by atoms with van der Waals surface area (Å²) in [7, 11) is -3.82. The second-order valence-corrected chi connectivity index (χ2v) is 10.3. The quantitative estimate of drug-likeness (QED) is 0.468. The lowest BCUT2D eigenvalue weighted by Gasteiger charge is -2.34. The molecule has 0 aromatic heterocycles. The molecule has 7 nitrogen and oxygen atoms in total. The number of carbonyl (C=O) groups is 1. The molecule has 0 aliphatic heterocycles. The van der Waals surface area contributed by atoms with Crippen molar-refractivity contribution in [1.82, 2.24) is 10.0 Å². The molecule has 1 amide bonds. The van der Waals surface area contributed by atoms with Crippen molar-refractivity contribution in [3.8, 4) is 5.75 Å². The van der Waals surface area contributed by atoms with Crippen molar-refractivity contribution in [3.05, 3.63) is 90.0 Å². The lowest BCUT2D eigenvalue weighted by Crippen LogP contribution is -2.51. The van der Waals surface area contributed by atoms with E-state index in [1.807, 2.05) is 66.7 Å². The van der Waals surface area contributed by atoms with E-state index < -0.39 is 20.7 Å². The molecule has 8 heteroatoms. The monoisotopic (exact) mass is 469 g/mol. The fraction of sp³-hybridized carbons (Fsp3) is 0.320. The third kappa shape index (κ3) is 6.54. The molecule has 1 aliphatic rings. The zero-order valence-electron chi connectivity index (χ0n) is 18.7. The van der Waals surface area contributed by atoms with Crippen LogP contribution in [0.4, 0.5) is 0 Å². The number of benzene rings is 2. The summed E-state index contributed by atoms with van der Waals surface area (Å²) >= 11 is 0. The molecule has 3 rings (SSSR count). The smallest absolute Gasteiger partial charge is 0.235 e. The average Bonchev–Trinajstić information content (AvgIpc) is 2.83. The van der Waals surface area contributed by atoms with Crippen LogP contribution in [0.2, 0.25) is 0 Å². The van der Waals surface area contributed by atoms with Crippen LogP contribution in [0, 0.1) is 5.92 Å². The number of hydrogen-bond acceptors (Lipinski definition) is 5. The molecule has 0 saturated heterocycles. The minimum Gasteiger partial charge on any atom is -0.489 e. The van der Waals surface area contributed by atoms with Crippen molar-refractivity contribution < 1.29 is 17.9 Å². The number of carbonyl (C=O) groups excluding carboxylic acids is 1. The highest BCUT2D eigenvalue weighted by Gasteiger charge is 2.43. The van der Waals surface area contributed by atoms with E-state index in [0.29, 0.717) is 26.1 Å². The van der Waals surface area contributed by atoms with E-state index in [0.717, 1.165) is 16.9 Å². The molecule has 0 bridgehead atoms. The second kappa shape index (κ2) is 11.3. The molecular weight excluding hydrogens is 438 g/mol. The summed E-state index contributed by atoms with van der Waals surface area (Å²) in [5, 5.41) is 2.56. The third-order valence-corrected chi connectivity index (χ3v) is 7.83. The van der Waals surface area contributed by atoms with E-state index in [-0.39, 0.29) is 12.5 Å². The number of nitrogens with two attached hydrogens (primary N) is 1. The van der Waals surface area contributed by atoms with E-state index in [9.17, 15) is 13.2 Å². The summed E-state index contributed by atoms with van der Waals surface area (Å²) in [4.78, 5) is 11.8. The number of amides is 1. The van der Waals surface area contributed by atoms with Gasteiger partial charge in [-0.25, -0.2) is 13.1 Å². The van der Waals surface area contributed by atoms with E-state index in [2.05, 4.69) is 10.0 Å². The Morgan fingerprint density at radius 3 is 2.48 bits per heavy atom. The molecule has 0 radical (unpaired) electrons. The van der Waals surface area contributed by atoms with E-state index >= 15 is 0 Å². The highest BCUT2D eigenvalue weighted by Crippen LogP contribution is 2.34. The van der Waals surface area contributed by atoms with E-state index in [1.165, 1.54) is 0 Å². The van der Waals surface area contributed by atoms with Crippen LogP contribution in [0.1, 0.15) is 18.1 Å². The second-order valence-electron chi connectivity index (χ2n) is 8.12. The molecule has 2 unspecified atom stereocenters. The summed E-state index contributed by atoms with van der Waals surface area (Å²) in [5.74, 6) is 0.0380. The maximum absolute atomic E-state index is 13.1.